The van der Waals surface area contributed by atoms with Crippen molar-refractivity contribution in [2.24, 2.45) is 0 Å². The second-order valence-electron chi connectivity index (χ2n) is 6.89. The van der Waals surface area contributed by atoms with E-state index in [0.29, 0.717) is 5.54 Å². The predicted octanol–water partition coefficient (Wildman–Crippen LogP) is 2.95. The van der Waals surface area contributed by atoms with Gasteiger partial charge in [0.25, 0.3) is 0 Å². The van der Waals surface area contributed by atoms with E-state index in [4.69, 9.17) is 0 Å². The molecule has 0 bridgehead atoms. The van der Waals surface area contributed by atoms with E-state index >= 15 is 0 Å². The van der Waals surface area contributed by atoms with Crippen molar-refractivity contribution in [3.05, 3.63) is 16.1 Å². The Balaban J connectivity index is 1.76. The Labute approximate surface area is 120 Å². The zero-order valence-electron chi connectivity index (χ0n) is 12.3. The Kier molecular flexibility index (Phi) is 3.44. The van der Waals surface area contributed by atoms with Gasteiger partial charge < -0.3 is 5.32 Å². The Morgan fingerprint density at radius 3 is 2.74 bits per heavy atom. The van der Waals surface area contributed by atoms with Crippen molar-refractivity contribution >= 4 is 11.3 Å². The first-order valence-corrected chi connectivity index (χ1v) is 8.28. The third-order valence-corrected chi connectivity index (χ3v) is 5.75. The number of hydrogen-bond acceptors (Lipinski definition) is 4. The summed E-state index contributed by atoms with van der Waals surface area (Å²) in [7, 11) is 0. The van der Waals surface area contributed by atoms with Crippen LogP contribution in [0.4, 0.5) is 0 Å². The summed E-state index contributed by atoms with van der Waals surface area (Å²) in [6, 6.07) is 0. The van der Waals surface area contributed by atoms with Crippen LogP contribution in [-0.2, 0) is 6.54 Å². The molecule has 1 saturated heterocycles. The fourth-order valence-corrected chi connectivity index (χ4v) is 4.23. The number of hydrogen-bond donors (Lipinski definition) is 1. The van der Waals surface area contributed by atoms with Crippen LogP contribution in [0, 0.1) is 6.92 Å². The number of nitrogens with zero attached hydrogens (tertiary/aromatic N) is 2. The van der Waals surface area contributed by atoms with Crippen LogP contribution in [0.5, 0.6) is 0 Å². The van der Waals surface area contributed by atoms with E-state index in [-0.39, 0.29) is 5.54 Å². The van der Waals surface area contributed by atoms with E-state index in [2.05, 4.69) is 41.4 Å². The van der Waals surface area contributed by atoms with Gasteiger partial charge in [-0.2, -0.15) is 0 Å². The minimum Gasteiger partial charge on any atom is -0.308 e. The standard InChI is InChI=1S/C15H25N3S/c1-12-9-19-13(17-12)8-18-11-15(6-4-5-7-15)16-10-14(18,2)3/h9,16H,4-8,10-11H2,1-3H3. The summed E-state index contributed by atoms with van der Waals surface area (Å²) in [5.41, 5.74) is 1.78. The van der Waals surface area contributed by atoms with Crippen LogP contribution in [0.15, 0.2) is 5.38 Å². The van der Waals surface area contributed by atoms with Crippen molar-refractivity contribution in [1.29, 1.82) is 0 Å². The summed E-state index contributed by atoms with van der Waals surface area (Å²) >= 11 is 1.80. The number of thiazole rings is 1. The van der Waals surface area contributed by atoms with Gasteiger partial charge in [0.05, 0.1) is 6.54 Å². The number of aryl methyl sites for hydroxylation is 1. The Morgan fingerprint density at radius 2 is 2.11 bits per heavy atom. The van der Waals surface area contributed by atoms with Crippen molar-refractivity contribution in [3.8, 4) is 0 Å². The van der Waals surface area contributed by atoms with Crippen LogP contribution in [-0.4, -0.2) is 34.1 Å². The van der Waals surface area contributed by atoms with Gasteiger partial charge in [0.15, 0.2) is 0 Å². The van der Waals surface area contributed by atoms with Gasteiger partial charge in [-0.25, -0.2) is 4.98 Å². The molecule has 0 unspecified atom stereocenters. The molecule has 1 aliphatic carbocycles. The molecule has 2 heterocycles. The minimum absolute atomic E-state index is 0.230. The molecular weight excluding hydrogens is 254 g/mol. The van der Waals surface area contributed by atoms with Crippen LogP contribution in [0.1, 0.15) is 50.2 Å². The smallest absolute Gasteiger partial charge is 0.107 e. The van der Waals surface area contributed by atoms with Gasteiger partial charge in [0.2, 0.25) is 0 Å². The number of aromatic nitrogens is 1. The topological polar surface area (TPSA) is 28.2 Å². The monoisotopic (exact) mass is 279 g/mol. The highest BCUT2D eigenvalue weighted by Gasteiger charge is 2.44. The normalized spacial score (nSPS) is 26.1. The molecule has 1 aromatic heterocycles. The molecule has 19 heavy (non-hydrogen) atoms. The van der Waals surface area contributed by atoms with Gasteiger partial charge in [-0.05, 0) is 33.6 Å². The number of piperazine rings is 1. The van der Waals surface area contributed by atoms with E-state index in [1.807, 2.05) is 0 Å². The van der Waals surface area contributed by atoms with Gasteiger partial charge in [-0.3, -0.25) is 4.90 Å². The first kappa shape index (κ1) is 13.5. The molecule has 0 atom stereocenters. The van der Waals surface area contributed by atoms with Crippen molar-refractivity contribution in [1.82, 2.24) is 15.2 Å². The molecule has 106 valence electrons. The largest absolute Gasteiger partial charge is 0.308 e. The Hall–Kier alpha value is -0.450. The third-order valence-electron chi connectivity index (χ3n) is 4.80. The minimum atomic E-state index is 0.230. The van der Waals surface area contributed by atoms with Crippen LogP contribution in [0.25, 0.3) is 0 Å². The van der Waals surface area contributed by atoms with Gasteiger partial charge in [-0.1, -0.05) is 12.8 Å². The van der Waals surface area contributed by atoms with Gasteiger partial charge in [0, 0.05) is 35.2 Å². The maximum Gasteiger partial charge on any atom is 0.107 e. The Morgan fingerprint density at radius 1 is 1.37 bits per heavy atom. The van der Waals surface area contributed by atoms with Crippen molar-refractivity contribution in [2.45, 2.75) is 64.1 Å². The van der Waals surface area contributed by atoms with Crippen LogP contribution in [0.2, 0.25) is 0 Å². The average Bonchev–Trinajstić information content (AvgIpc) is 2.95. The lowest BCUT2D eigenvalue weighted by Crippen LogP contribution is -2.66. The second-order valence-corrected chi connectivity index (χ2v) is 7.83. The lowest BCUT2D eigenvalue weighted by atomic mass is 9.87. The molecular formula is C15H25N3S. The quantitative estimate of drug-likeness (QED) is 0.902. The molecule has 3 rings (SSSR count). The highest BCUT2D eigenvalue weighted by atomic mass is 32.1. The molecule has 3 nitrogen and oxygen atoms in total. The van der Waals surface area contributed by atoms with E-state index in [0.717, 1.165) is 18.8 Å². The van der Waals surface area contributed by atoms with Crippen molar-refractivity contribution in [2.75, 3.05) is 13.1 Å². The average molecular weight is 279 g/mol. The summed E-state index contributed by atoms with van der Waals surface area (Å²) in [6.45, 7) is 10.1. The first-order chi connectivity index (χ1) is 8.99. The third kappa shape index (κ3) is 2.71. The predicted molar refractivity (Wildman–Crippen MR) is 80.5 cm³/mol. The summed E-state index contributed by atoms with van der Waals surface area (Å²) < 4.78 is 0. The fourth-order valence-electron chi connectivity index (χ4n) is 3.45. The molecule has 2 fully saturated rings. The highest BCUT2D eigenvalue weighted by Crippen LogP contribution is 2.36. The molecule has 1 aromatic rings. The summed E-state index contributed by atoms with van der Waals surface area (Å²) in [4.78, 5) is 7.29. The number of nitrogens with one attached hydrogen (secondary N) is 1. The first-order valence-electron chi connectivity index (χ1n) is 7.40. The van der Waals surface area contributed by atoms with E-state index in [9.17, 15) is 0 Å². The zero-order chi connectivity index (χ0) is 13.5. The molecule has 1 saturated carbocycles. The Bertz CT molecular complexity index is 446. The molecule has 1 spiro atoms. The van der Waals surface area contributed by atoms with Gasteiger partial charge in [-0.15, -0.1) is 11.3 Å². The van der Waals surface area contributed by atoms with Crippen LogP contribution >= 0.6 is 11.3 Å². The fraction of sp³-hybridized carbons (Fsp3) is 0.800. The second kappa shape index (κ2) is 4.83. The summed E-state index contributed by atoms with van der Waals surface area (Å²) in [5.74, 6) is 0. The maximum atomic E-state index is 4.64. The zero-order valence-corrected chi connectivity index (χ0v) is 13.1. The van der Waals surface area contributed by atoms with E-state index < -0.39 is 0 Å². The van der Waals surface area contributed by atoms with E-state index in [1.165, 1.54) is 37.2 Å². The SMILES string of the molecule is Cc1csc(CN2CC3(CCCC3)NCC2(C)C)n1. The molecule has 0 aromatic carbocycles. The van der Waals surface area contributed by atoms with Gasteiger partial charge >= 0.3 is 0 Å². The number of rotatable bonds is 2. The summed E-state index contributed by atoms with van der Waals surface area (Å²) in [6.07, 6.45) is 5.46. The molecule has 1 aliphatic heterocycles. The lowest BCUT2D eigenvalue weighted by molar-refractivity contribution is 0.0216. The van der Waals surface area contributed by atoms with Crippen molar-refractivity contribution < 1.29 is 0 Å². The molecule has 0 amide bonds. The highest BCUT2D eigenvalue weighted by molar-refractivity contribution is 7.09. The van der Waals surface area contributed by atoms with Crippen LogP contribution < -0.4 is 5.32 Å². The van der Waals surface area contributed by atoms with Crippen LogP contribution in [0.3, 0.4) is 0 Å². The molecule has 0 radical (unpaired) electrons. The molecule has 1 N–H and O–H groups in total. The van der Waals surface area contributed by atoms with Gasteiger partial charge in [0.1, 0.15) is 5.01 Å². The lowest BCUT2D eigenvalue weighted by Gasteiger charge is -2.50. The summed E-state index contributed by atoms with van der Waals surface area (Å²) in [5, 5.41) is 7.27. The molecule has 4 heteroatoms. The van der Waals surface area contributed by atoms with E-state index in [1.54, 1.807) is 11.3 Å². The maximum absolute atomic E-state index is 4.64. The van der Waals surface area contributed by atoms with Crippen molar-refractivity contribution in [3.63, 3.8) is 0 Å². The molecule has 2 aliphatic rings.